The number of rotatable bonds is 9. The van der Waals surface area contributed by atoms with Crippen molar-refractivity contribution in [1.29, 1.82) is 0 Å². The number of aryl methyl sites for hydroxylation is 2. The average Bonchev–Trinajstić information content (AvgIpc) is 4.06. The number of halogens is 2. The van der Waals surface area contributed by atoms with Crippen molar-refractivity contribution in [2.75, 3.05) is 0 Å². The molecular weight excluding hydrogens is 711 g/mol. The number of pyridine rings is 2. The number of fused-ring (bicyclic) bond motifs is 2. The zero-order valence-corrected chi connectivity index (χ0v) is 30.3. The molecule has 0 saturated heterocycles. The van der Waals surface area contributed by atoms with E-state index in [0.717, 1.165) is 72.1 Å². The number of aromatic nitrogens is 12. The number of hydrogen-bond donors (Lipinski definition) is 1. The van der Waals surface area contributed by atoms with Crippen LogP contribution in [0.15, 0.2) is 135 Å². The maximum Gasteiger partial charge on any atom is 0.238 e. The second-order valence-electron chi connectivity index (χ2n) is 13.9. The molecule has 0 aliphatic heterocycles. The highest BCUT2D eigenvalue weighted by Gasteiger charge is 2.25. The van der Waals surface area contributed by atoms with E-state index in [0.29, 0.717) is 18.7 Å². The summed E-state index contributed by atoms with van der Waals surface area (Å²) >= 11 is 0. The van der Waals surface area contributed by atoms with Gasteiger partial charge in [0.1, 0.15) is 23.8 Å². The fourth-order valence-corrected chi connectivity index (χ4v) is 7.26. The van der Waals surface area contributed by atoms with Crippen LogP contribution in [0.2, 0.25) is 0 Å². The molecule has 0 atom stereocenters. The fourth-order valence-electron chi connectivity index (χ4n) is 7.26. The van der Waals surface area contributed by atoms with Gasteiger partial charge in [0.25, 0.3) is 0 Å². The molecular formula is C42H33F2N12+. The summed E-state index contributed by atoms with van der Waals surface area (Å²) in [6, 6.07) is 17.3. The molecule has 12 nitrogen and oxygen atoms in total. The van der Waals surface area contributed by atoms with Gasteiger partial charge < -0.3 is 4.98 Å². The van der Waals surface area contributed by atoms with E-state index in [1.807, 2.05) is 85.4 Å². The summed E-state index contributed by atoms with van der Waals surface area (Å²) in [6.07, 6.45) is 23.2. The molecule has 56 heavy (non-hydrogen) atoms. The summed E-state index contributed by atoms with van der Waals surface area (Å²) in [7, 11) is 3.78. The Hall–Kier alpha value is -7.48. The third-order valence-electron chi connectivity index (χ3n) is 10.0. The van der Waals surface area contributed by atoms with Crippen LogP contribution in [0.5, 0.6) is 0 Å². The van der Waals surface area contributed by atoms with Gasteiger partial charge in [-0.25, -0.2) is 18.7 Å². The molecule has 0 spiro atoms. The van der Waals surface area contributed by atoms with Crippen LogP contribution >= 0.6 is 0 Å². The summed E-state index contributed by atoms with van der Waals surface area (Å²) in [5.74, 6) is -0.581. The van der Waals surface area contributed by atoms with E-state index in [4.69, 9.17) is 9.97 Å². The minimum Gasteiger partial charge on any atom is -0.346 e. The maximum atomic E-state index is 14.0. The summed E-state index contributed by atoms with van der Waals surface area (Å²) in [5, 5.41) is 15.3. The Labute approximate surface area is 318 Å². The molecule has 0 unspecified atom stereocenters. The minimum atomic E-state index is -0.293. The number of H-pyrrole nitrogens is 1. The van der Waals surface area contributed by atoms with Gasteiger partial charge in [0.15, 0.2) is 0 Å². The first-order valence-electron chi connectivity index (χ1n) is 17.9. The molecule has 0 fully saturated rings. The van der Waals surface area contributed by atoms with Crippen molar-refractivity contribution in [3.05, 3.63) is 158 Å². The molecule has 0 amide bonds. The second-order valence-corrected chi connectivity index (χ2v) is 13.9. The second kappa shape index (κ2) is 13.1. The topological polar surface area (TPSA) is 109 Å². The SMILES string of the molecule is Cn1cc(-c2cnc3[nH]cc(-c4cn(Cc5ccc(F)cc5)[n+](-n5cc(-c6cnn(Cc7cccc(F)c7)c6)c6cc(-c7cnn(C)c7)cnc65)c4)c3c2)cn1. The van der Waals surface area contributed by atoms with Crippen molar-refractivity contribution in [1.82, 2.24) is 53.7 Å². The number of benzene rings is 2. The smallest absolute Gasteiger partial charge is 0.238 e. The summed E-state index contributed by atoms with van der Waals surface area (Å²) in [6.45, 7) is 0.854. The highest BCUT2D eigenvalue weighted by atomic mass is 19.1. The summed E-state index contributed by atoms with van der Waals surface area (Å²) in [4.78, 5) is 15.2. The summed E-state index contributed by atoms with van der Waals surface area (Å²) in [5.41, 5.74) is 10.7. The zero-order valence-electron chi connectivity index (χ0n) is 30.3. The highest BCUT2D eigenvalue weighted by Crippen LogP contribution is 2.34. The molecule has 1 N–H and O–H groups in total. The van der Waals surface area contributed by atoms with E-state index in [1.54, 1.807) is 32.2 Å². The van der Waals surface area contributed by atoms with Crippen LogP contribution in [-0.4, -0.2) is 53.7 Å². The number of hydrogen-bond acceptors (Lipinski definition) is 5. The monoisotopic (exact) mass is 743 g/mol. The van der Waals surface area contributed by atoms with Crippen molar-refractivity contribution in [3.8, 4) is 44.5 Å². The van der Waals surface area contributed by atoms with Crippen molar-refractivity contribution >= 4 is 22.1 Å². The van der Waals surface area contributed by atoms with E-state index < -0.39 is 0 Å². The van der Waals surface area contributed by atoms with E-state index in [9.17, 15) is 8.78 Å². The molecule has 274 valence electrons. The lowest BCUT2D eigenvalue weighted by Gasteiger charge is -2.04. The lowest BCUT2D eigenvalue weighted by atomic mass is 10.1. The Kier molecular flexibility index (Phi) is 7.76. The molecule has 0 saturated carbocycles. The van der Waals surface area contributed by atoms with Gasteiger partial charge in [-0.1, -0.05) is 28.9 Å². The molecule has 8 heterocycles. The van der Waals surface area contributed by atoms with Gasteiger partial charge >= 0.3 is 0 Å². The van der Waals surface area contributed by atoms with Gasteiger partial charge in [0.2, 0.25) is 11.8 Å². The van der Waals surface area contributed by atoms with Crippen molar-refractivity contribution < 1.29 is 13.6 Å². The Morgan fingerprint density at radius 3 is 2.07 bits per heavy atom. The molecule has 0 aliphatic carbocycles. The van der Waals surface area contributed by atoms with Crippen LogP contribution in [0.1, 0.15) is 11.1 Å². The molecule has 0 bridgehead atoms. The first-order chi connectivity index (χ1) is 27.3. The molecule has 10 rings (SSSR count). The predicted molar refractivity (Wildman–Crippen MR) is 207 cm³/mol. The quantitative estimate of drug-likeness (QED) is 0.160. The Balaban J connectivity index is 1.14. The van der Waals surface area contributed by atoms with Gasteiger partial charge in [0.05, 0.1) is 43.1 Å². The average molecular weight is 744 g/mol. The van der Waals surface area contributed by atoms with Crippen LogP contribution in [-0.2, 0) is 27.2 Å². The standard InChI is InChI=1S/C42H33F2N12/c1-51-21-31(15-48-51)29-11-37-39(18-46-41(37)45-13-29)34-24-54(20-27-6-8-35(43)9-7-27)56(25-34)55-26-40(33-17-50-53(23-33)19-28-4-3-5-36(44)10-28)38-12-30(14-47-42(38)55)32-16-49-52(2)22-32/h3-18,21-26H,19-20H2,1-2H3,(H,45,46)/q+1. The van der Waals surface area contributed by atoms with Gasteiger partial charge in [-0.15, -0.1) is 4.68 Å². The largest absolute Gasteiger partial charge is 0.346 e. The van der Waals surface area contributed by atoms with Crippen LogP contribution in [0.25, 0.3) is 66.6 Å². The number of nitrogens with zero attached hydrogens (tertiary/aromatic N) is 11. The first kappa shape index (κ1) is 33.1. The summed E-state index contributed by atoms with van der Waals surface area (Å²) < 4.78 is 37.5. The highest BCUT2D eigenvalue weighted by molar-refractivity contribution is 5.97. The first-order valence-corrected chi connectivity index (χ1v) is 17.9. The van der Waals surface area contributed by atoms with Crippen LogP contribution in [0, 0.1) is 11.6 Å². The number of nitrogens with one attached hydrogen (secondary N) is 1. The van der Waals surface area contributed by atoms with E-state index >= 15 is 0 Å². The van der Waals surface area contributed by atoms with E-state index in [2.05, 4.69) is 55.7 Å². The predicted octanol–water partition coefficient (Wildman–Crippen LogP) is 7.02. The van der Waals surface area contributed by atoms with Gasteiger partial charge in [-0.05, 0) is 47.5 Å². The van der Waals surface area contributed by atoms with Crippen LogP contribution in [0.3, 0.4) is 0 Å². The van der Waals surface area contributed by atoms with Crippen LogP contribution in [0.4, 0.5) is 8.78 Å². The Morgan fingerprint density at radius 2 is 1.34 bits per heavy atom. The number of aromatic amines is 1. The fraction of sp³-hybridized carbons (Fsp3) is 0.0952. The van der Waals surface area contributed by atoms with Gasteiger partial charge in [0, 0.05) is 106 Å². The van der Waals surface area contributed by atoms with Gasteiger partial charge in [-0.2, -0.15) is 15.3 Å². The van der Waals surface area contributed by atoms with Gasteiger partial charge in [-0.3, -0.25) is 14.0 Å². The molecule has 2 aromatic carbocycles. The molecule has 0 radical (unpaired) electrons. The molecule has 8 aromatic heterocycles. The third-order valence-corrected chi connectivity index (χ3v) is 10.0. The third kappa shape index (κ3) is 6.02. The van der Waals surface area contributed by atoms with Crippen molar-refractivity contribution in [2.45, 2.75) is 13.1 Å². The zero-order chi connectivity index (χ0) is 37.9. The van der Waals surface area contributed by atoms with E-state index in [-0.39, 0.29) is 11.6 Å². The lowest BCUT2D eigenvalue weighted by molar-refractivity contribution is -0.799. The molecule has 10 aromatic rings. The molecule has 0 aliphatic rings. The van der Waals surface area contributed by atoms with Crippen molar-refractivity contribution in [2.24, 2.45) is 14.1 Å². The maximum absolute atomic E-state index is 14.0. The van der Waals surface area contributed by atoms with E-state index in [1.165, 1.54) is 24.3 Å². The lowest BCUT2D eigenvalue weighted by Crippen LogP contribution is -2.48. The minimum absolute atomic E-state index is 0.287. The molecule has 14 heteroatoms. The Morgan fingerprint density at radius 1 is 0.607 bits per heavy atom. The Bertz CT molecular complexity index is 3050. The van der Waals surface area contributed by atoms with Crippen molar-refractivity contribution in [3.63, 3.8) is 0 Å². The van der Waals surface area contributed by atoms with Crippen LogP contribution < -0.4 is 4.79 Å². The normalized spacial score (nSPS) is 11.7.